The van der Waals surface area contributed by atoms with Gasteiger partial charge in [0.05, 0.1) is 12.7 Å². The molecule has 148 valence electrons. The number of aryl methyl sites for hydroxylation is 1. The number of anilines is 1. The highest BCUT2D eigenvalue weighted by Crippen LogP contribution is 2.28. The van der Waals surface area contributed by atoms with E-state index in [-0.39, 0.29) is 5.91 Å². The van der Waals surface area contributed by atoms with Crippen molar-refractivity contribution in [2.75, 3.05) is 11.9 Å². The van der Waals surface area contributed by atoms with E-state index in [1.807, 2.05) is 31.2 Å². The van der Waals surface area contributed by atoms with Crippen LogP contribution in [-0.4, -0.2) is 18.6 Å². The van der Waals surface area contributed by atoms with Crippen LogP contribution in [0.25, 0.3) is 0 Å². The van der Waals surface area contributed by atoms with Gasteiger partial charge in [-0.3, -0.25) is 4.79 Å². The molecule has 2 aromatic rings. The number of nitriles is 1. The molecule has 0 spiro atoms. The smallest absolute Gasteiger partial charge is 0.265 e. The summed E-state index contributed by atoms with van der Waals surface area (Å²) >= 11 is 0. The monoisotopic (exact) mass is 380 g/mol. The Balaban J connectivity index is 1.99. The molecule has 0 heterocycles. The van der Waals surface area contributed by atoms with Crippen molar-refractivity contribution in [3.63, 3.8) is 0 Å². The Morgan fingerprint density at radius 1 is 1.18 bits per heavy atom. The summed E-state index contributed by atoms with van der Waals surface area (Å²) in [5.74, 6) is 1.48. The van der Waals surface area contributed by atoms with E-state index in [9.17, 15) is 4.79 Å². The molecule has 1 amide bonds. The summed E-state index contributed by atoms with van der Waals surface area (Å²) in [5.41, 5.74) is 2.82. The molecule has 0 radical (unpaired) electrons. The van der Waals surface area contributed by atoms with Crippen LogP contribution in [0.3, 0.4) is 0 Å². The summed E-state index contributed by atoms with van der Waals surface area (Å²) in [6.07, 6.45) is 0.495. The van der Waals surface area contributed by atoms with Crippen molar-refractivity contribution in [2.24, 2.45) is 0 Å². The topological polar surface area (TPSA) is 71.3 Å². The molecule has 2 aromatic carbocycles. The lowest BCUT2D eigenvalue weighted by Crippen LogP contribution is -2.30. The van der Waals surface area contributed by atoms with Crippen LogP contribution in [0.4, 0.5) is 5.69 Å². The lowest BCUT2D eigenvalue weighted by Gasteiger charge is -2.19. The number of hydrogen-bond donors (Lipinski definition) is 1. The van der Waals surface area contributed by atoms with E-state index in [4.69, 9.17) is 14.7 Å². The Kier molecular flexibility index (Phi) is 7.88. The molecule has 0 aromatic heterocycles. The first-order valence-corrected chi connectivity index (χ1v) is 9.58. The average molecular weight is 380 g/mol. The van der Waals surface area contributed by atoms with Crippen LogP contribution in [0.15, 0.2) is 42.5 Å². The summed E-state index contributed by atoms with van der Waals surface area (Å²) in [5, 5.41) is 11.4. The predicted octanol–water partition coefficient (Wildman–Crippen LogP) is 5.21. The third-order valence-electron chi connectivity index (χ3n) is 4.27. The number of unbranched alkanes of at least 4 members (excludes halogenated alkanes) is 1. The van der Waals surface area contributed by atoms with Gasteiger partial charge in [-0.05, 0) is 55.5 Å². The van der Waals surface area contributed by atoms with Gasteiger partial charge in [-0.25, -0.2) is 0 Å². The van der Waals surface area contributed by atoms with E-state index >= 15 is 0 Å². The van der Waals surface area contributed by atoms with Crippen LogP contribution in [0.2, 0.25) is 0 Å². The predicted molar refractivity (Wildman–Crippen MR) is 111 cm³/mol. The molecule has 0 saturated heterocycles. The van der Waals surface area contributed by atoms with E-state index in [0.717, 1.165) is 16.9 Å². The summed E-state index contributed by atoms with van der Waals surface area (Å²) in [4.78, 5) is 12.6. The third kappa shape index (κ3) is 6.31. The SMILES string of the molecule is Cc1ccc(C(C)C)c(OC(C)C(=O)Nc2cccc(OCCCC#N)c2)c1. The summed E-state index contributed by atoms with van der Waals surface area (Å²) < 4.78 is 11.6. The normalized spacial score (nSPS) is 11.6. The highest BCUT2D eigenvalue weighted by Gasteiger charge is 2.18. The molecule has 0 aliphatic heterocycles. The molecule has 5 heteroatoms. The quantitative estimate of drug-likeness (QED) is 0.606. The van der Waals surface area contributed by atoms with Crippen molar-refractivity contribution in [1.82, 2.24) is 0 Å². The van der Waals surface area contributed by atoms with Crippen LogP contribution >= 0.6 is 0 Å². The maximum absolute atomic E-state index is 12.6. The molecule has 0 aliphatic rings. The zero-order valence-electron chi connectivity index (χ0n) is 17.0. The molecular weight excluding hydrogens is 352 g/mol. The van der Waals surface area contributed by atoms with E-state index in [0.29, 0.717) is 36.8 Å². The Hall–Kier alpha value is -3.00. The summed E-state index contributed by atoms with van der Waals surface area (Å²) in [6, 6.07) is 15.4. The fraction of sp³-hybridized carbons (Fsp3) is 0.391. The van der Waals surface area contributed by atoms with Gasteiger partial charge in [-0.1, -0.05) is 32.0 Å². The molecule has 0 saturated carbocycles. The van der Waals surface area contributed by atoms with Gasteiger partial charge in [0, 0.05) is 18.2 Å². The number of carbonyl (C=O) groups excluding carboxylic acids is 1. The summed E-state index contributed by atoms with van der Waals surface area (Å²) in [7, 11) is 0. The highest BCUT2D eigenvalue weighted by atomic mass is 16.5. The van der Waals surface area contributed by atoms with Crippen molar-refractivity contribution in [3.8, 4) is 17.6 Å². The first kappa shape index (κ1) is 21.3. The largest absolute Gasteiger partial charge is 0.493 e. The van der Waals surface area contributed by atoms with E-state index in [2.05, 4.69) is 31.3 Å². The highest BCUT2D eigenvalue weighted by molar-refractivity contribution is 5.94. The number of carbonyl (C=O) groups is 1. The minimum Gasteiger partial charge on any atom is -0.493 e. The molecule has 5 nitrogen and oxygen atoms in total. The van der Waals surface area contributed by atoms with Gasteiger partial charge in [0.1, 0.15) is 11.5 Å². The number of rotatable bonds is 9. The number of nitrogens with zero attached hydrogens (tertiary/aromatic N) is 1. The van der Waals surface area contributed by atoms with E-state index < -0.39 is 6.10 Å². The standard InChI is InChI=1S/C23H28N2O3/c1-16(2)21-11-10-17(3)14-22(21)28-18(4)23(26)25-19-8-7-9-20(15-19)27-13-6-5-12-24/h7-11,14-16,18H,5-6,13H2,1-4H3,(H,25,26). The fourth-order valence-electron chi connectivity index (χ4n) is 2.71. The number of ether oxygens (including phenoxy) is 2. The number of nitrogens with one attached hydrogen (secondary N) is 1. The van der Waals surface area contributed by atoms with E-state index in [1.54, 1.807) is 19.1 Å². The summed E-state index contributed by atoms with van der Waals surface area (Å²) in [6.45, 7) is 8.42. The molecule has 1 atom stereocenters. The maximum atomic E-state index is 12.6. The van der Waals surface area contributed by atoms with Crippen LogP contribution in [0, 0.1) is 18.3 Å². The maximum Gasteiger partial charge on any atom is 0.265 e. The van der Waals surface area contributed by atoms with Crippen LogP contribution < -0.4 is 14.8 Å². The van der Waals surface area contributed by atoms with Gasteiger partial charge in [-0.2, -0.15) is 5.26 Å². The Bertz CT molecular complexity index is 840. The molecule has 28 heavy (non-hydrogen) atoms. The minimum absolute atomic E-state index is 0.224. The molecule has 2 rings (SSSR count). The van der Waals surface area contributed by atoms with Crippen molar-refractivity contribution in [2.45, 2.75) is 52.6 Å². The van der Waals surface area contributed by atoms with Gasteiger partial charge in [0.2, 0.25) is 0 Å². The van der Waals surface area contributed by atoms with Gasteiger partial charge < -0.3 is 14.8 Å². The molecule has 0 fully saturated rings. The lowest BCUT2D eigenvalue weighted by molar-refractivity contribution is -0.122. The fourth-order valence-corrected chi connectivity index (χ4v) is 2.71. The lowest BCUT2D eigenvalue weighted by atomic mass is 10.0. The second-order valence-electron chi connectivity index (χ2n) is 7.08. The molecular formula is C23H28N2O3. The van der Waals surface area contributed by atoms with Crippen molar-refractivity contribution < 1.29 is 14.3 Å². The number of hydrogen-bond acceptors (Lipinski definition) is 4. The Labute approximate surface area is 167 Å². The molecule has 0 aliphatic carbocycles. The second-order valence-corrected chi connectivity index (χ2v) is 7.08. The van der Waals surface area contributed by atoms with Crippen LogP contribution in [0.5, 0.6) is 11.5 Å². The van der Waals surface area contributed by atoms with Crippen molar-refractivity contribution in [1.29, 1.82) is 5.26 Å². The number of amides is 1. The molecule has 1 N–H and O–H groups in total. The average Bonchev–Trinajstić information content (AvgIpc) is 2.65. The van der Waals surface area contributed by atoms with Gasteiger partial charge in [-0.15, -0.1) is 0 Å². The minimum atomic E-state index is -0.639. The first-order chi connectivity index (χ1) is 13.4. The van der Waals surface area contributed by atoms with Gasteiger partial charge >= 0.3 is 0 Å². The molecule has 1 unspecified atom stereocenters. The first-order valence-electron chi connectivity index (χ1n) is 9.58. The zero-order chi connectivity index (χ0) is 20.5. The van der Waals surface area contributed by atoms with Crippen LogP contribution in [-0.2, 0) is 4.79 Å². The second kappa shape index (κ2) is 10.4. The third-order valence-corrected chi connectivity index (χ3v) is 4.27. The van der Waals surface area contributed by atoms with Crippen molar-refractivity contribution in [3.05, 3.63) is 53.6 Å². The Morgan fingerprint density at radius 2 is 1.96 bits per heavy atom. The van der Waals surface area contributed by atoms with E-state index in [1.165, 1.54) is 0 Å². The van der Waals surface area contributed by atoms with Gasteiger partial charge in [0.15, 0.2) is 6.10 Å². The van der Waals surface area contributed by atoms with Gasteiger partial charge in [0.25, 0.3) is 5.91 Å². The molecule has 0 bridgehead atoms. The van der Waals surface area contributed by atoms with Crippen molar-refractivity contribution >= 4 is 11.6 Å². The Morgan fingerprint density at radius 3 is 2.68 bits per heavy atom. The van der Waals surface area contributed by atoms with Crippen LogP contribution in [0.1, 0.15) is 50.7 Å². The zero-order valence-corrected chi connectivity index (χ0v) is 17.0. The number of benzene rings is 2.